The van der Waals surface area contributed by atoms with Crippen molar-refractivity contribution in [2.75, 3.05) is 24.6 Å². The zero-order valence-corrected chi connectivity index (χ0v) is 20.5. The van der Waals surface area contributed by atoms with Crippen LogP contribution in [-0.4, -0.2) is 45.5 Å². The van der Waals surface area contributed by atoms with Crippen LogP contribution >= 0.6 is 11.3 Å². The molecule has 2 aliphatic heterocycles. The van der Waals surface area contributed by atoms with E-state index in [1.54, 1.807) is 30.7 Å². The fourth-order valence-corrected chi connectivity index (χ4v) is 5.27. The van der Waals surface area contributed by atoms with Gasteiger partial charge in [-0.25, -0.2) is 9.97 Å². The Kier molecular flexibility index (Phi) is 5.59. The molecule has 36 heavy (non-hydrogen) atoms. The average Bonchev–Trinajstić information content (AvgIpc) is 3.30. The van der Waals surface area contributed by atoms with Crippen molar-refractivity contribution in [1.82, 2.24) is 25.3 Å². The number of carbonyl (C=O) groups excluding carboxylic acids is 1. The first-order valence-electron chi connectivity index (χ1n) is 11.8. The summed E-state index contributed by atoms with van der Waals surface area (Å²) in [5.41, 5.74) is 3.80. The first-order chi connectivity index (χ1) is 17.5. The molecule has 0 aliphatic carbocycles. The molecule has 1 amide bonds. The van der Waals surface area contributed by atoms with Gasteiger partial charge in [-0.3, -0.25) is 14.8 Å². The molecule has 4 aromatic rings. The third-order valence-corrected chi connectivity index (χ3v) is 7.67. The molecule has 180 valence electrons. The smallest absolute Gasteiger partial charge is 0.251 e. The van der Waals surface area contributed by atoms with E-state index in [0.717, 1.165) is 51.0 Å². The number of aromatic nitrogens is 4. The maximum atomic E-state index is 12.9. The number of pyridine rings is 1. The molecule has 9 nitrogen and oxygen atoms in total. The van der Waals surface area contributed by atoms with Crippen molar-refractivity contribution in [3.8, 4) is 16.8 Å². The summed E-state index contributed by atoms with van der Waals surface area (Å²) in [6, 6.07) is 9.64. The van der Waals surface area contributed by atoms with Crippen LogP contribution in [0.15, 0.2) is 42.9 Å². The number of amides is 1. The Hall–Kier alpha value is -3.94. The van der Waals surface area contributed by atoms with Gasteiger partial charge >= 0.3 is 0 Å². The number of rotatable bonds is 5. The van der Waals surface area contributed by atoms with Crippen LogP contribution in [0.25, 0.3) is 20.9 Å². The maximum absolute atomic E-state index is 12.9. The van der Waals surface area contributed by atoms with Crippen LogP contribution in [-0.2, 0) is 23.3 Å². The minimum Gasteiger partial charge on any atom is -0.375 e. The van der Waals surface area contributed by atoms with Gasteiger partial charge in [-0.2, -0.15) is 5.26 Å². The quantitative estimate of drug-likeness (QED) is 0.445. The molecule has 0 saturated carbocycles. The Balaban J connectivity index is 1.18. The molecule has 0 spiro atoms. The van der Waals surface area contributed by atoms with Crippen LogP contribution in [0, 0.1) is 11.3 Å². The van der Waals surface area contributed by atoms with Crippen LogP contribution < -0.4 is 10.2 Å². The Morgan fingerprint density at radius 3 is 2.94 bits per heavy atom. The van der Waals surface area contributed by atoms with Crippen LogP contribution in [0.1, 0.15) is 40.5 Å². The van der Waals surface area contributed by atoms with E-state index < -0.39 is 5.41 Å². The molecule has 0 bridgehead atoms. The average molecular weight is 498 g/mol. The van der Waals surface area contributed by atoms with Crippen LogP contribution in [0.5, 0.6) is 0 Å². The minimum absolute atomic E-state index is 0.219. The zero-order chi connectivity index (χ0) is 24.7. The number of hydrogen-bond acceptors (Lipinski definition) is 9. The second kappa shape index (κ2) is 8.93. The molecular weight excluding hydrogens is 474 g/mol. The van der Waals surface area contributed by atoms with Crippen molar-refractivity contribution in [2.45, 2.75) is 31.9 Å². The van der Waals surface area contributed by atoms with E-state index in [2.05, 4.69) is 26.3 Å². The van der Waals surface area contributed by atoms with Crippen LogP contribution in [0.3, 0.4) is 0 Å². The summed E-state index contributed by atoms with van der Waals surface area (Å²) in [4.78, 5) is 33.4. The topological polar surface area (TPSA) is 117 Å². The van der Waals surface area contributed by atoms with Gasteiger partial charge in [0.1, 0.15) is 21.9 Å². The molecule has 1 atom stereocenters. The van der Waals surface area contributed by atoms with Gasteiger partial charge in [-0.1, -0.05) is 6.07 Å². The fraction of sp³-hybridized carbons (Fsp3) is 0.308. The molecule has 3 aromatic heterocycles. The molecular formula is C26H23N7O2S. The van der Waals surface area contributed by atoms with E-state index in [-0.39, 0.29) is 12.5 Å². The van der Waals surface area contributed by atoms with Crippen molar-refractivity contribution >= 4 is 33.3 Å². The SMILES string of the molecule is C[C@@]1(C#N)COCc2ccc(C(=O)NCc3cc4nc(-c5cncc(N6CCC6)n5)sc4cn3)cc21. The van der Waals surface area contributed by atoms with Crippen LogP contribution in [0.2, 0.25) is 0 Å². The lowest BCUT2D eigenvalue weighted by atomic mass is 9.79. The van der Waals surface area contributed by atoms with Gasteiger partial charge in [-0.05, 0) is 42.7 Å². The summed E-state index contributed by atoms with van der Waals surface area (Å²) < 4.78 is 6.50. The number of benzene rings is 1. The largest absolute Gasteiger partial charge is 0.375 e. The van der Waals surface area contributed by atoms with E-state index in [9.17, 15) is 10.1 Å². The van der Waals surface area contributed by atoms with Gasteiger partial charge in [0.25, 0.3) is 5.91 Å². The van der Waals surface area contributed by atoms with Crippen molar-refractivity contribution in [2.24, 2.45) is 0 Å². The highest BCUT2D eigenvalue weighted by Gasteiger charge is 2.33. The summed E-state index contributed by atoms with van der Waals surface area (Å²) in [6.07, 6.45) is 6.48. The van der Waals surface area contributed by atoms with Gasteiger partial charge in [0, 0.05) is 24.8 Å². The van der Waals surface area contributed by atoms with Gasteiger partial charge in [-0.15, -0.1) is 11.3 Å². The lowest BCUT2D eigenvalue weighted by molar-refractivity contribution is 0.0757. The lowest BCUT2D eigenvalue weighted by Gasteiger charge is -2.31. The highest BCUT2D eigenvalue weighted by Crippen LogP contribution is 2.33. The number of nitrogens with zero attached hydrogens (tertiary/aromatic N) is 6. The first-order valence-corrected chi connectivity index (χ1v) is 12.6. The number of nitriles is 1. The summed E-state index contributed by atoms with van der Waals surface area (Å²) >= 11 is 1.52. The summed E-state index contributed by atoms with van der Waals surface area (Å²) in [7, 11) is 0. The molecule has 5 heterocycles. The van der Waals surface area contributed by atoms with Crippen molar-refractivity contribution in [3.05, 3.63) is 65.2 Å². The normalized spacial score (nSPS) is 18.8. The Bertz CT molecular complexity index is 1520. The van der Waals surface area contributed by atoms with Gasteiger partial charge < -0.3 is 15.0 Å². The Morgan fingerprint density at radius 1 is 1.25 bits per heavy atom. The highest BCUT2D eigenvalue weighted by atomic mass is 32.1. The molecule has 0 unspecified atom stereocenters. The van der Waals surface area contributed by atoms with Crippen molar-refractivity contribution in [3.63, 3.8) is 0 Å². The fourth-order valence-electron chi connectivity index (χ4n) is 4.40. The molecule has 1 aromatic carbocycles. The summed E-state index contributed by atoms with van der Waals surface area (Å²) in [6.45, 7) is 4.88. The Labute approximate surface area is 211 Å². The van der Waals surface area contributed by atoms with E-state index in [1.165, 1.54) is 17.8 Å². The molecule has 1 fully saturated rings. The van der Waals surface area contributed by atoms with E-state index in [4.69, 9.17) is 14.7 Å². The van der Waals surface area contributed by atoms with Gasteiger partial charge in [0.05, 0.1) is 54.1 Å². The predicted octanol–water partition coefficient (Wildman–Crippen LogP) is 3.60. The highest BCUT2D eigenvalue weighted by molar-refractivity contribution is 7.21. The number of thiazole rings is 1. The minimum atomic E-state index is -0.766. The Morgan fingerprint density at radius 2 is 2.14 bits per heavy atom. The first kappa shape index (κ1) is 22.5. The van der Waals surface area contributed by atoms with E-state index >= 15 is 0 Å². The molecule has 6 rings (SSSR count). The standard InChI is InChI=1S/C26H23N7O2S/c1-26(14-27)15-35-13-17-4-3-16(7-19(17)26)24(34)30-9-18-8-20-22(11-29-18)36-25(32-20)21-10-28-12-23(31-21)33-5-2-6-33/h3-4,7-8,10-12H,2,5-6,9,13,15H2,1H3,(H,30,34)/t26-/m1/s1. The molecule has 10 heteroatoms. The van der Waals surface area contributed by atoms with E-state index in [0.29, 0.717) is 24.5 Å². The number of carbonyl (C=O) groups is 1. The number of hydrogen-bond donors (Lipinski definition) is 1. The molecule has 2 aliphatic rings. The van der Waals surface area contributed by atoms with Gasteiger partial charge in [0.15, 0.2) is 0 Å². The van der Waals surface area contributed by atoms with E-state index in [1.807, 2.05) is 19.1 Å². The van der Waals surface area contributed by atoms with Crippen LogP contribution in [0.4, 0.5) is 5.82 Å². The second-order valence-electron chi connectivity index (χ2n) is 9.26. The van der Waals surface area contributed by atoms with Gasteiger partial charge in [0.2, 0.25) is 0 Å². The second-order valence-corrected chi connectivity index (χ2v) is 10.3. The number of anilines is 1. The molecule has 1 saturated heterocycles. The number of fused-ring (bicyclic) bond motifs is 2. The predicted molar refractivity (Wildman–Crippen MR) is 136 cm³/mol. The number of ether oxygens (including phenoxy) is 1. The van der Waals surface area contributed by atoms with Crippen molar-refractivity contribution in [1.29, 1.82) is 5.26 Å². The van der Waals surface area contributed by atoms with Crippen molar-refractivity contribution < 1.29 is 9.53 Å². The third-order valence-electron chi connectivity index (χ3n) is 6.64. The zero-order valence-electron chi connectivity index (χ0n) is 19.7. The maximum Gasteiger partial charge on any atom is 0.251 e. The summed E-state index contributed by atoms with van der Waals surface area (Å²) in [5.74, 6) is 0.660. The number of nitrogens with one attached hydrogen (secondary N) is 1. The summed E-state index contributed by atoms with van der Waals surface area (Å²) in [5, 5.41) is 13.4. The monoisotopic (exact) mass is 497 g/mol. The molecule has 0 radical (unpaired) electrons. The molecule has 1 N–H and O–H groups in total. The lowest BCUT2D eigenvalue weighted by Crippen LogP contribution is -2.37. The third kappa shape index (κ3) is 4.06.